The van der Waals surface area contributed by atoms with E-state index >= 15 is 0 Å². The molecule has 1 aromatic carbocycles. The number of Topliss-reactive ketones (excluding diaryl/α,β-unsaturated/α-hetero) is 1. The van der Waals surface area contributed by atoms with Gasteiger partial charge in [-0.15, -0.1) is 15.3 Å². The second kappa shape index (κ2) is 9.25. The number of halogens is 1. The second-order valence-corrected chi connectivity index (χ2v) is 7.28. The lowest BCUT2D eigenvalue weighted by molar-refractivity contribution is 0.102. The molecule has 0 aliphatic heterocycles. The van der Waals surface area contributed by atoms with Crippen LogP contribution in [0.2, 0.25) is 5.02 Å². The average Bonchev–Trinajstić information content (AvgIpc) is 3.30. The summed E-state index contributed by atoms with van der Waals surface area (Å²) in [6.07, 6.45) is 1.91. The van der Waals surface area contributed by atoms with Crippen LogP contribution >= 0.6 is 23.4 Å². The number of rotatable bonds is 9. The third-order valence-corrected chi connectivity index (χ3v) is 5.32. The maximum absolute atomic E-state index is 12.4. The fraction of sp³-hybridized carbons (Fsp3) is 0.368. The third-order valence-electron chi connectivity index (χ3n) is 4.11. The molecule has 0 bridgehead atoms. The van der Waals surface area contributed by atoms with Crippen molar-refractivity contribution in [3.8, 4) is 17.3 Å². The van der Waals surface area contributed by atoms with Crippen LogP contribution in [-0.2, 0) is 13.1 Å². The number of ketones is 1. The first-order chi connectivity index (χ1) is 13.6. The van der Waals surface area contributed by atoms with E-state index in [9.17, 15) is 4.79 Å². The summed E-state index contributed by atoms with van der Waals surface area (Å²) in [5.41, 5.74) is 1.43. The predicted octanol–water partition coefficient (Wildman–Crippen LogP) is 4.21. The maximum Gasteiger partial charge on any atom is 0.243 e. The van der Waals surface area contributed by atoms with Crippen molar-refractivity contribution in [3.63, 3.8) is 0 Å². The molecule has 0 radical (unpaired) electrons. The summed E-state index contributed by atoms with van der Waals surface area (Å²) in [6, 6.07) is 6.89. The van der Waals surface area contributed by atoms with Gasteiger partial charge in [-0.3, -0.25) is 9.48 Å². The van der Waals surface area contributed by atoms with Crippen molar-refractivity contribution in [2.45, 2.75) is 39.0 Å². The van der Waals surface area contributed by atoms with Gasteiger partial charge in [-0.1, -0.05) is 23.4 Å². The van der Waals surface area contributed by atoms with Gasteiger partial charge in [0.15, 0.2) is 16.8 Å². The Morgan fingerprint density at radius 1 is 1.14 bits per heavy atom. The lowest BCUT2D eigenvalue weighted by atomic mass is 10.1. The quantitative estimate of drug-likeness (QED) is 0.382. The Balaban J connectivity index is 1.81. The number of hydrogen-bond acceptors (Lipinski definition) is 6. The van der Waals surface area contributed by atoms with Crippen molar-refractivity contribution in [1.82, 2.24) is 24.5 Å². The molecule has 0 atom stereocenters. The van der Waals surface area contributed by atoms with E-state index in [1.165, 1.54) is 11.8 Å². The van der Waals surface area contributed by atoms with Gasteiger partial charge < -0.3 is 9.30 Å². The van der Waals surface area contributed by atoms with E-state index in [4.69, 9.17) is 16.3 Å². The van der Waals surface area contributed by atoms with Crippen LogP contribution in [0.3, 0.4) is 0 Å². The highest BCUT2D eigenvalue weighted by Crippen LogP contribution is 2.30. The lowest BCUT2D eigenvalue weighted by Gasteiger charge is -2.07. The summed E-state index contributed by atoms with van der Waals surface area (Å²) >= 11 is 7.25. The van der Waals surface area contributed by atoms with Crippen LogP contribution in [0, 0.1) is 0 Å². The topological polar surface area (TPSA) is 74.8 Å². The molecular formula is C19H22ClN5O2S. The van der Waals surface area contributed by atoms with Crippen LogP contribution in [0.1, 0.15) is 31.1 Å². The Bertz CT molecular complexity index is 952. The van der Waals surface area contributed by atoms with Crippen molar-refractivity contribution in [2.75, 3.05) is 12.4 Å². The van der Waals surface area contributed by atoms with Crippen LogP contribution < -0.4 is 4.74 Å². The molecule has 0 saturated heterocycles. The van der Waals surface area contributed by atoms with Crippen LogP contribution in [0.25, 0.3) is 11.4 Å². The highest BCUT2D eigenvalue weighted by atomic mass is 35.5. The van der Waals surface area contributed by atoms with Gasteiger partial charge in [-0.2, -0.15) is 0 Å². The van der Waals surface area contributed by atoms with Crippen molar-refractivity contribution in [2.24, 2.45) is 0 Å². The van der Waals surface area contributed by atoms with E-state index in [0.717, 1.165) is 12.1 Å². The minimum atomic E-state index is 0.0164. The molecule has 0 N–H and O–H groups in total. The van der Waals surface area contributed by atoms with E-state index in [-0.39, 0.29) is 11.5 Å². The molecule has 0 spiro atoms. The number of carbonyl (C=O) groups is 1. The number of benzene rings is 1. The zero-order valence-electron chi connectivity index (χ0n) is 16.1. The summed E-state index contributed by atoms with van der Waals surface area (Å²) in [4.78, 5) is 12.4. The first-order valence-electron chi connectivity index (χ1n) is 9.12. The van der Waals surface area contributed by atoms with E-state index in [0.29, 0.717) is 40.6 Å². The molecule has 2 aromatic heterocycles. The van der Waals surface area contributed by atoms with E-state index in [1.54, 1.807) is 24.3 Å². The number of aromatic nitrogens is 5. The largest absolute Gasteiger partial charge is 0.476 e. The molecule has 0 aliphatic carbocycles. The van der Waals surface area contributed by atoms with E-state index in [1.807, 2.05) is 36.2 Å². The van der Waals surface area contributed by atoms with Crippen molar-refractivity contribution < 1.29 is 9.53 Å². The Morgan fingerprint density at radius 2 is 1.89 bits per heavy atom. The fourth-order valence-electron chi connectivity index (χ4n) is 2.69. The molecule has 9 heteroatoms. The fourth-order valence-corrected chi connectivity index (χ4v) is 3.71. The number of ether oxygens (including phenoxy) is 1. The van der Waals surface area contributed by atoms with Gasteiger partial charge in [-0.05, 0) is 45.0 Å². The lowest BCUT2D eigenvalue weighted by Crippen LogP contribution is -2.05. The molecular weight excluding hydrogens is 398 g/mol. The molecule has 7 nitrogen and oxygen atoms in total. The maximum atomic E-state index is 12.4. The van der Waals surface area contributed by atoms with Gasteiger partial charge in [-0.25, -0.2) is 0 Å². The van der Waals surface area contributed by atoms with Gasteiger partial charge in [0.05, 0.1) is 12.4 Å². The molecule has 2 heterocycles. The minimum absolute atomic E-state index is 0.0164. The van der Waals surface area contributed by atoms with Crippen molar-refractivity contribution in [3.05, 3.63) is 41.0 Å². The summed E-state index contributed by atoms with van der Waals surface area (Å²) in [6.45, 7) is 7.87. The molecule has 3 aromatic rings. The second-order valence-electron chi connectivity index (χ2n) is 5.91. The molecule has 3 rings (SSSR count). The summed E-state index contributed by atoms with van der Waals surface area (Å²) < 4.78 is 9.45. The Kier molecular flexibility index (Phi) is 6.74. The molecule has 148 valence electrons. The number of thioether (sulfide) groups is 1. The number of aryl methyl sites for hydroxylation is 1. The van der Waals surface area contributed by atoms with Crippen LogP contribution in [0.4, 0.5) is 0 Å². The van der Waals surface area contributed by atoms with Crippen molar-refractivity contribution >= 4 is 29.1 Å². The molecule has 0 saturated carbocycles. The molecule has 0 aliphatic rings. The number of nitrogens with zero attached hydrogens (tertiary/aromatic N) is 5. The Morgan fingerprint density at radius 3 is 2.54 bits per heavy atom. The minimum Gasteiger partial charge on any atom is -0.476 e. The molecule has 0 amide bonds. The van der Waals surface area contributed by atoms with Gasteiger partial charge in [0.1, 0.15) is 5.56 Å². The van der Waals surface area contributed by atoms with Gasteiger partial charge in [0, 0.05) is 29.9 Å². The summed E-state index contributed by atoms with van der Waals surface area (Å²) in [7, 11) is 0. The Hall–Kier alpha value is -2.32. The van der Waals surface area contributed by atoms with Gasteiger partial charge in [0.2, 0.25) is 5.88 Å². The zero-order valence-corrected chi connectivity index (χ0v) is 17.6. The third kappa shape index (κ3) is 4.39. The standard InChI is InChI=1S/C19H22ClN5O2S/c1-4-24-11-15(18(23-24)27-6-3)17-21-22-19(25(17)5-2)28-12-16(26)13-7-9-14(20)10-8-13/h7-11H,4-6,12H2,1-3H3. The van der Waals surface area contributed by atoms with Crippen LogP contribution in [-0.4, -0.2) is 42.7 Å². The smallest absolute Gasteiger partial charge is 0.243 e. The molecule has 0 fully saturated rings. The Labute approximate surface area is 173 Å². The number of hydrogen-bond donors (Lipinski definition) is 0. The highest BCUT2D eigenvalue weighted by Gasteiger charge is 2.21. The first-order valence-corrected chi connectivity index (χ1v) is 10.5. The van der Waals surface area contributed by atoms with Crippen molar-refractivity contribution in [1.29, 1.82) is 0 Å². The highest BCUT2D eigenvalue weighted by molar-refractivity contribution is 7.99. The molecule has 0 unspecified atom stereocenters. The SMILES string of the molecule is CCOc1nn(CC)cc1-c1nnc(SCC(=O)c2ccc(Cl)cc2)n1CC. The van der Waals surface area contributed by atoms with Gasteiger partial charge in [0.25, 0.3) is 0 Å². The van der Waals surface area contributed by atoms with Crippen LogP contribution in [0.5, 0.6) is 5.88 Å². The predicted molar refractivity (Wildman–Crippen MR) is 110 cm³/mol. The normalized spacial score (nSPS) is 11.0. The van der Waals surface area contributed by atoms with Crippen LogP contribution in [0.15, 0.2) is 35.6 Å². The summed E-state index contributed by atoms with van der Waals surface area (Å²) in [5.74, 6) is 1.52. The van der Waals surface area contributed by atoms with E-state index in [2.05, 4.69) is 15.3 Å². The monoisotopic (exact) mass is 419 g/mol. The van der Waals surface area contributed by atoms with Gasteiger partial charge >= 0.3 is 0 Å². The summed E-state index contributed by atoms with van der Waals surface area (Å²) in [5, 5.41) is 14.4. The first kappa shape index (κ1) is 20.4. The van der Waals surface area contributed by atoms with E-state index < -0.39 is 0 Å². The number of carbonyl (C=O) groups excluding carboxylic acids is 1. The molecule has 28 heavy (non-hydrogen) atoms. The average molecular weight is 420 g/mol. The zero-order chi connectivity index (χ0) is 20.1.